The number of allylic oxidation sites excluding steroid dienone is 3. The van der Waals surface area contributed by atoms with Gasteiger partial charge in [-0.1, -0.05) is 50.5 Å². The van der Waals surface area contributed by atoms with Gasteiger partial charge >= 0.3 is 5.97 Å². The molecule has 0 aliphatic carbocycles. The predicted molar refractivity (Wildman–Crippen MR) is 98.3 cm³/mol. The number of aliphatic hydroxyl groups excluding tert-OH is 1. The maximum Gasteiger partial charge on any atom is 0.303 e. The van der Waals surface area contributed by atoms with Crippen LogP contribution < -0.4 is 0 Å². The molecule has 5 nitrogen and oxygen atoms in total. The van der Waals surface area contributed by atoms with Crippen LogP contribution in [0.4, 0.5) is 0 Å². The fourth-order valence-electron chi connectivity index (χ4n) is 2.56. The van der Waals surface area contributed by atoms with Crippen LogP contribution in [0.1, 0.15) is 65.2 Å². The lowest BCUT2D eigenvalue weighted by atomic mass is 9.86. The fraction of sp³-hybridized carbons (Fsp3) is 0.650. The second-order valence-corrected chi connectivity index (χ2v) is 6.37. The van der Waals surface area contributed by atoms with Crippen molar-refractivity contribution >= 4 is 18.0 Å². The number of Topliss-reactive ketones (excluding diaryl/α,β-unsaturated/α-hetero) is 1. The molecule has 0 rings (SSSR count). The highest BCUT2D eigenvalue weighted by atomic mass is 16.4. The van der Waals surface area contributed by atoms with E-state index >= 15 is 0 Å². The number of hydrogen-bond acceptors (Lipinski definition) is 4. The Kier molecular flexibility index (Phi) is 13.6. The van der Waals surface area contributed by atoms with E-state index in [1.54, 1.807) is 12.2 Å². The Hall–Kier alpha value is -1.75. The number of carboxylic acids is 1. The molecule has 0 radical (unpaired) electrons. The van der Waals surface area contributed by atoms with Crippen molar-refractivity contribution in [1.29, 1.82) is 0 Å². The third-order valence-electron chi connectivity index (χ3n) is 4.12. The first-order valence-corrected chi connectivity index (χ1v) is 9.11. The Morgan fingerprint density at radius 2 is 1.80 bits per heavy atom. The number of aliphatic hydroxyl groups is 1. The van der Waals surface area contributed by atoms with Crippen molar-refractivity contribution in [3.63, 3.8) is 0 Å². The number of aliphatic carboxylic acids is 1. The molecular formula is C20H32O5. The maximum atomic E-state index is 11.8. The zero-order chi connectivity index (χ0) is 19.1. The molecule has 142 valence electrons. The predicted octanol–water partition coefficient (Wildman–Crippen LogP) is 3.71. The van der Waals surface area contributed by atoms with E-state index in [0.29, 0.717) is 25.7 Å². The Bertz CT molecular complexity index is 453. The maximum absolute atomic E-state index is 11.8. The molecule has 0 aromatic heterocycles. The summed E-state index contributed by atoms with van der Waals surface area (Å²) in [6, 6.07) is 0. The summed E-state index contributed by atoms with van der Waals surface area (Å²) < 4.78 is 0. The summed E-state index contributed by atoms with van der Waals surface area (Å²) in [5, 5.41) is 18.5. The van der Waals surface area contributed by atoms with Gasteiger partial charge in [-0.05, 0) is 32.6 Å². The number of unbranched alkanes of at least 4 members (excludes halogenated alkanes) is 3. The Morgan fingerprint density at radius 1 is 1.08 bits per heavy atom. The van der Waals surface area contributed by atoms with Gasteiger partial charge in [0.05, 0.1) is 6.10 Å². The number of ketones is 1. The van der Waals surface area contributed by atoms with Gasteiger partial charge in [0, 0.05) is 18.3 Å². The summed E-state index contributed by atoms with van der Waals surface area (Å²) in [5.74, 6) is -1.90. The lowest BCUT2D eigenvalue weighted by molar-refractivity contribution is -0.137. The number of rotatable bonds is 15. The highest BCUT2D eigenvalue weighted by Gasteiger charge is 2.22. The number of carbonyl (C=O) groups excluding carboxylic acids is 2. The van der Waals surface area contributed by atoms with E-state index in [1.807, 2.05) is 12.2 Å². The van der Waals surface area contributed by atoms with Crippen LogP contribution >= 0.6 is 0 Å². The molecule has 0 aromatic rings. The monoisotopic (exact) mass is 352 g/mol. The van der Waals surface area contributed by atoms with Crippen molar-refractivity contribution in [3.8, 4) is 0 Å². The average molecular weight is 352 g/mol. The van der Waals surface area contributed by atoms with E-state index in [0.717, 1.165) is 25.5 Å². The molecule has 0 aliphatic heterocycles. The number of aldehydes is 1. The molecule has 0 aromatic carbocycles. The lowest BCUT2D eigenvalue weighted by Gasteiger charge is -2.16. The van der Waals surface area contributed by atoms with Gasteiger partial charge in [-0.25, -0.2) is 0 Å². The SMILES string of the molecule is CCCCC[C@H](O)/C=C/[C@H](C=O)[C@@H](C/C=C\CCCC(=O)O)C(C)=O. The molecule has 2 N–H and O–H groups in total. The number of carboxylic acid groups (broad SMARTS) is 1. The smallest absolute Gasteiger partial charge is 0.303 e. The highest BCUT2D eigenvalue weighted by Crippen LogP contribution is 2.19. The van der Waals surface area contributed by atoms with Crippen molar-refractivity contribution < 1.29 is 24.6 Å². The lowest BCUT2D eigenvalue weighted by Crippen LogP contribution is -2.21. The van der Waals surface area contributed by atoms with E-state index in [-0.39, 0.29) is 12.2 Å². The van der Waals surface area contributed by atoms with Crippen molar-refractivity contribution in [2.24, 2.45) is 11.8 Å². The summed E-state index contributed by atoms with van der Waals surface area (Å²) in [6.07, 6.45) is 12.6. The molecule has 25 heavy (non-hydrogen) atoms. The first kappa shape index (κ1) is 23.2. The zero-order valence-electron chi connectivity index (χ0n) is 15.4. The first-order valence-electron chi connectivity index (χ1n) is 9.11. The average Bonchev–Trinajstić information content (AvgIpc) is 2.55. The van der Waals surface area contributed by atoms with E-state index in [2.05, 4.69) is 6.92 Å². The quantitative estimate of drug-likeness (QED) is 0.266. The van der Waals surface area contributed by atoms with Crippen molar-refractivity contribution in [2.75, 3.05) is 0 Å². The number of hydrogen-bond donors (Lipinski definition) is 2. The molecule has 0 saturated carbocycles. The minimum absolute atomic E-state index is 0.0718. The Labute approximate surface area is 150 Å². The standard InChI is InChI=1S/C20H32O5/c1-3-4-7-10-18(23)14-13-17(15-21)19(16(2)22)11-8-5-6-9-12-20(24)25/h5,8,13-15,17-19,23H,3-4,6-7,9-12H2,1-2H3,(H,24,25)/b8-5-,14-13+/t17-,18+,19+/m1/s1. The topological polar surface area (TPSA) is 91.7 Å². The third-order valence-corrected chi connectivity index (χ3v) is 4.12. The van der Waals surface area contributed by atoms with Gasteiger partial charge in [0.1, 0.15) is 12.1 Å². The van der Waals surface area contributed by atoms with Crippen molar-refractivity contribution in [2.45, 2.75) is 71.3 Å². The Balaban J connectivity index is 4.53. The molecule has 0 saturated heterocycles. The Morgan fingerprint density at radius 3 is 2.36 bits per heavy atom. The van der Waals surface area contributed by atoms with Crippen LogP contribution in [0.3, 0.4) is 0 Å². The molecule has 0 heterocycles. The van der Waals surface area contributed by atoms with Crippen LogP contribution in [-0.4, -0.2) is 34.4 Å². The summed E-state index contributed by atoms with van der Waals surface area (Å²) >= 11 is 0. The summed E-state index contributed by atoms with van der Waals surface area (Å²) in [7, 11) is 0. The van der Waals surface area contributed by atoms with E-state index < -0.39 is 23.9 Å². The van der Waals surface area contributed by atoms with Gasteiger partial charge in [-0.2, -0.15) is 0 Å². The molecule has 0 fully saturated rings. The van der Waals surface area contributed by atoms with E-state index in [9.17, 15) is 19.5 Å². The summed E-state index contributed by atoms with van der Waals surface area (Å²) in [5.41, 5.74) is 0. The largest absolute Gasteiger partial charge is 0.481 e. The van der Waals surface area contributed by atoms with E-state index in [1.165, 1.54) is 6.92 Å². The normalized spacial score (nSPS) is 15.3. The van der Waals surface area contributed by atoms with Crippen molar-refractivity contribution in [3.05, 3.63) is 24.3 Å². The number of carbonyl (C=O) groups is 3. The van der Waals surface area contributed by atoms with Gasteiger partial charge in [0.2, 0.25) is 0 Å². The van der Waals surface area contributed by atoms with Crippen LogP contribution in [0.15, 0.2) is 24.3 Å². The van der Waals surface area contributed by atoms with Gasteiger partial charge in [-0.15, -0.1) is 0 Å². The van der Waals surface area contributed by atoms with Crippen LogP contribution in [0.25, 0.3) is 0 Å². The molecule has 5 heteroatoms. The fourth-order valence-corrected chi connectivity index (χ4v) is 2.56. The second-order valence-electron chi connectivity index (χ2n) is 6.37. The van der Waals surface area contributed by atoms with Crippen LogP contribution in [-0.2, 0) is 14.4 Å². The minimum atomic E-state index is -0.821. The molecule has 0 aliphatic rings. The molecule has 0 spiro atoms. The third kappa shape index (κ3) is 12.3. The molecule has 0 bridgehead atoms. The van der Waals surface area contributed by atoms with Gasteiger partial charge in [-0.3, -0.25) is 9.59 Å². The minimum Gasteiger partial charge on any atom is -0.481 e. The molecule has 3 atom stereocenters. The second kappa shape index (κ2) is 14.6. The van der Waals surface area contributed by atoms with Gasteiger partial charge in [0.15, 0.2) is 0 Å². The molecular weight excluding hydrogens is 320 g/mol. The van der Waals surface area contributed by atoms with Gasteiger partial charge < -0.3 is 15.0 Å². The van der Waals surface area contributed by atoms with E-state index in [4.69, 9.17) is 5.11 Å². The van der Waals surface area contributed by atoms with Crippen molar-refractivity contribution in [1.82, 2.24) is 0 Å². The van der Waals surface area contributed by atoms with Crippen LogP contribution in [0.2, 0.25) is 0 Å². The highest BCUT2D eigenvalue weighted by molar-refractivity contribution is 5.82. The summed E-state index contributed by atoms with van der Waals surface area (Å²) in [6.45, 7) is 3.56. The molecule has 0 amide bonds. The van der Waals surface area contributed by atoms with Crippen LogP contribution in [0.5, 0.6) is 0 Å². The summed E-state index contributed by atoms with van der Waals surface area (Å²) in [4.78, 5) is 33.6. The van der Waals surface area contributed by atoms with Crippen LogP contribution in [0, 0.1) is 11.8 Å². The first-order chi connectivity index (χ1) is 11.9. The zero-order valence-corrected chi connectivity index (χ0v) is 15.4. The molecule has 0 unspecified atom stereocenters. The van der Waals surface area contributed by atoms with Gasteiger partial charge in [0.25, 0.3) is 0 Å².